The molecule has 2 aliphatic rings. The lowest BCUT2D eigenvalue weighted by Crippen LogP contribution is -2.47. The van der Waals surface area contributed by atoms with E-state index in [9.17, 15) is 14.7 Å². The molecule has 5 nitrogen and oxygen atoms in total. The van der Waals surface area contributed by atoms with E-state index in [0.717, 1.165) is 32.1 Å². The Kier molecular flexibility index (Phi) is 5.39. The molecule has 0 aromatic rings. The van der Waals surface area contributed by atoms with Crippen molar-refractivity contribution in [2.24, 2.45) is 5.92 Å². The van der Waals surface area contributed by atoms with Crippen molar-refractivity contribution in [2.75, 3.05) is 13.1 Å². The van der Waals surface area contributed by atoms with Crippen LogP contribution < -0.4 is 10.6 Å². The maximum atomic E-state index is 11.7. The summed E-state index contributed by atoms with van der Waals surface area (Å²) in [6.07, 6.45) is 9.73. The largest absolute Gasteiger partial charge is 0.388 e. The number of amides is 2. The van der Waals surface area contributed by atoms with Gasteiger partial charge in [0.15, 0.2) is 0 Å². The van der Waals surface area contributed by atoms with Gasteiger partial charge in [0.2, 0.25) is 0 Å². The highest BCUT2D eigenvalue weighted by molar-refractivity contribution is 6.35. The van der Waals surface area contributed by atoms with Crippen molar-refractivity contribution in [1.82, 2.24) is 10.6 Å². The molecule has 118 valence electrons. The minimum absolute atomic E-state index is 0.134. The van der Waals surface area contributed by atoms with Gasteiger partial charge in [0, 0.05) is 13.1 Å². The smallest absolute Gasteiger partial charge is 0.309 e. The number of hydrogen-bond donors (Lipinski definition) is 3. The molecule has 0 aliphatic heterocycles. The third kappa shape index (κ3) is 5.16. The fraction of sp³-hybridized carbons (Fsp3) is 0.750. The van der Waals surface area contributed by atoms with E-state index in [1.807, 2.05) is 0 Å². The van der Waals surface area contributed by atoms with Crippen LogP contribution in [0, 0.1) is 5.92 Å². The van der Waals surface area contributed by atoms with Crippen molar-refractivity contribution >= 4 is 11.8 Å². The van der Waals surface area contributed by atoms with E-state index >= 15 is 0 Å². The van der Waals surface area contributed by atoms with Crippen LogP contribution in [-0.4, -0.2) is 35.6 Å². The van der Waals surface area contributed by atoms with Gasteiger partial charge in [-0.25, -0.2) is 0 Å². The van der Waals surface area contributed by atoms with Gasteiger partial charge in [0.25, 0.3) is 0 Å². The van der Waals surface area contributed by atoms with Crippen molar-refractivity contribution in [3.63, 3.8) is 0 Å². The van der Waals surface area contributed by atoms with E-state index in [1.165, 1.54) is 18.4 Å². The monoisotopic (exact) mass is 294 g/mol. The average Bonchev–Trinajstić information content (AvgIpc) is 3.31. The van der Waals surface area contributed by atoms with E-state index in [0.29, 0.717) is 6.54 Å². The lowest BCUT2D eigenvalue weighted by Gasteiger charge is -2.23. The Bertz CT molecular complexity index is 425. The van der Waals surface area contributed by atoms with Crippen molar-refractivity contribution in [3.05, 3.63) is 11.6 Å². The van der Waals surface area contributed by atoms with Gasteiger partial charge in [-0.2, -0.15) is 0 Å². The molecular formula is C16H26N2O3. The fourth-order valence-electron chi connectivity index (χ4n) is 2.74. The molecule has 0 radical (unpaired) electrons. The maximum absolute atomic E-state index is 11.7. The van der Waals surface area contributed by atoms with E-state index < -0.39 is 17.4 Å². The molecule has 0 aromatic carbocycles. The number of aliphatic hydroxyl groups is 1. The zero-order chi connectivity index (χ0) is 15.3. The van der Waals surface area contributed by atoms with E-state index in [1.54, 1.807) is 6.92 Å². The summed E-state index contributed by atoms with van der Waals surface area (Å²) in [6.45, 7) is 2.34. The summed E-state index contributed by atoms with van der Waals surface area (Å²) in [5.74, 6) is -1.02. The zero-order valence-electron chi connectivity index (χ0n) is 12.8. The van der Waals surface area contributed by atoms with Gasteiger partial charge in [-0.1, -0.05) is 11.6 Å². The van der Waals surface area contributed by atoms with Crippen LogP contribution in [0.1, 0.15) is 51.9 Å². The summed E-state index contributed by atoms with van der Waals surface area (Å²) in [6, 6.07) is 0. The predicted octanol–water partition coefficient (Wildman–Crippen LogP) is 1.27. The van der Waals surface area contributed by atoms with Crippen molar-refractivity contribution in [2.45, 2.75) is 57.5 Å². The van der Waals surface area contributed by atoms with Gasteiger partial charge in [-0.05, 0) is 57.8 Å². The molecule has 2 rings (SSSR count). The molecule has 21 heavy (non-hydrogen) atoms. The number of carbonyl (C=O) groups excluding carboxylic acids is 2. The Morgan fingerprint density at radius 3 is 2.62 bits per heavy atom. The Labute approximate surface area is 126 Å². The molecule has 1 saturated carbocycles. The Morgan fingerprint density at radius 2 is 2.00 bits per heavy atom. The normalized spacial score (nSPS) is 21.1. The number of carbonyl (C=O) groups is 2. The van der Waals surface area contributed by atoms with Crippen LogP contribution in [0.25, 0.3) is 0 Å². The van der Waals surface area contributed by atoms with Crippen molar-refractivity contribution in [3.8, 4) is 0 Å². The van der Waals surface area contributed by atoms with Crippen LogP contribution in [-0.2, 0) is 9.59 Å². The van der Waals surface area contributed by atoms with Gasteiger partial charge < -0.3 is 15.7 Å². The van der Waals surface area contributed by atoms with Crippen LogP contribution in [0.4, 0.5) is 0 Å². The molecule has 2 aliphatic carbocycles. The maximum Gasteiger partial charge on any atom is 0.309 e. The van der Waals surface area contributed by atoms with Gasteiger partial charge in [0.1, 0.15) is 0 Å². The fourth-order valence-corrected chi connectivity index (χ4v) is 2.74. The first-order valence-electron chi connectivity index (χ1n) is 7.95. The molecule has 0 heterocycles. The summed E-state index contributed by atoms with van der Waals surface area (Å²) >= 11 is 0. The molecule has 1 fully saturated rings. The highest BCUT2D eigenvalue weighted by Crippen LogP contribution is 2.38. The quantitative estimate of drug-likeness (QED) is 0.510. The van der Waals surface area contributed by atoms with Crippen LogP contribution in [0.5, 0.6) is 0 Å². The minimum atomic E-state index is -0.900. The lowest BCUT2D eigenvalue weighted by molar-refractivity contribution is -0.139. The second-order valence-electron chi connectivity index (χ2n) is 6.43. The highest BCUT2D eigenvalue weighted by Gasteiger charge is 2.40. The molecular weight excluding hydrogens is 268 g/mol. The summed E-state index contributed by atoms with van der Waals surface area (Å²) in [7, 11) is 0. The van der Waals surface area contributed by atoms with E-state index in [2.05, 4.69) is 16.7 Å². The molecule has 1 atom stereocenters. The van der Waals surface area contributed by atoms with Crippen LogP contribution >= 0.6 is 0 Å². The SMILES string of the molecule is CC(O)(CNC(=O)C(=O)NCCC1=CCCCC1)C1CC1. The highest BCUT2D eigenvalue weighted by atomic mass is 16.3. The van der Waals surface area contributed by atoms with Crippen molar-refractivity contribution < 1.29 is 14.7 Å². The van der Waals surface area contributed by atoms with E-state index in [-0.39, 0.29) is 12.5 Å². The number of nitrogens with one attached hydrogen (secondary N) is 2. The lowest BCUT2D eigenvalue weighted by atomic mass is 9.97. The van der Waals surface area contributed by atoms with Gasteiger partial charge in [0.05, 0.1) is 5.60 Å². The minimum Gasteiger partial charge on any atom is -0.388 e. The summed E-state index contributed by atoms with van der Waals surface area (Å²) in [5.41, 5.74) is 0.474. The van der Waals surface area contributed by atoms with Crippen LogP contribution in [0.15, 0.2) is 11.6 Å². The number of rotatable bonds is 6. The molecule has 0 spiro atoms. The Balaban J connectivity index is 1.63. The molecule has 0 saturated heterocycles. The molecule has 1 unspecified atom stereocenters. The molecule has 5 heteroatoms. The van der Waals surface area contributed by atoms with Gasteiger partial charge in [-0.3, -0.25) is 9.59 Å². The average molecular weight is 294 g/mol. The molecule has 0 aromatic heterocycles. The Morgan fingerprint density at radius 1 is 1.29 bits per heavy atom. The molecule has 2 amide bonds. The van der Waals surface area contributed by atoms with Crippen LogP contribution in [0.2, 0.25) is 0 Å². The first-order valence-corrected chi connectivity index (χ1v) is 7.95. The number of allylic oxidation sites excluding steroid dienone is 1. The van der Waals surface area contributed by atoms with Gasteiger partial charge in [-0.15, -0.1) is 0 Å². The first kappa shape index (κ1) is 16.0. The molecule has 0 bridgehead atoms. The third-order valence-corrected chi connectivity index (χ3v) is 4.39. The second kappa shape index (κ2) is 7.07. The van der Waals surface area contributed by atoms with Crippen LogP contribution in [0.3, 0.4) is 0 Å². The number of hydrogen-bond acceptors (Lipinski definition) is 3. The standard InChI is InChI=1S/C16H26N2O3/c1-16(21,13-7-8-13)11-18-15(20)14(19)17-10-9-12-5-3-2-4-6-12/h5,13,21H,2-4,6-11H2,1H3,(H,17,19)(H,18,20). The zero-order valence-corrected chi connectivity index (χ0v) is 12.8. The summed E-state index contributed by atoms with van der Waals surface area (Å²) < 4.78 is 0. The predicted molar refractivity (Wildman–Crippen MR) is 80.5 cm³/mol. The topological polar surface area (TPSA) is 78.4 Å². The summed E-state index contributed by atoms with van der Waals surface area (Å²) in [5, 5.41) is 15.2. The summed E-state index contributed by atoms with van der Waals surface area (Å²) in [4.78, 5) is 23.3. The van der Waals surface area contributed by atoms with Crippen molar-refractivity contribution in [1.29, 1.82) is 0 Å². The van der Waals surface area contributed by atoms with E-state index in [4.69, 9.17) is 0 Å². The molecule has 3 N–H and O–H groups in total. The Hall–Kier alpha value is -1.36. The van der Waals surface area contributed by atoms with Gasteiger partial charge >= 0.3 is 11.8 Å². The second-order valence-corrected chi connectivity index (χ2v) is 6.43. The first-order chi connectivity index (χ1) is 9.99. The third-order valence-electron chi connectivity index (χ3n) is 4.39.